The number of carbonyl (C=O) groups is 1. The molecule has 0 aliphatic carbocycles. The van der Waals surface area contributed by atoms with E-state index < -0.39 is 0 Å². The largest absolute Gasteiger partial charge is 0.357 e. The second kappa shape index (κ2) is 7.66. The van der Waals surface area contributed by atoms with Crippen LogP contribution in [0, 0.1) is 6.92 Å². The number of hydrogen-bond acceptors (Lipinski definition) is 4. The van der Waals surface area contributed by atoms with Gasteiger partial charge in [0, 0.05) is 39.4 Å². The summed E-state index contributed by atoms with van der Waals surface area (Å²) in [6.45, 7) is 9.65. The van der Waals surface area contributed by atoms with Gasteiger partial charge in [0.1, 0.15) is 11.5 Å². The first-order valence-electron chi connectivity index (χ1n) is 8.52. The number of aryl methyl sites for hydroxylation is 1. The first-order valence-corrected chi connectivity index (χ1v) is 8.52. The molecule has 0 N–H and O–H groups in total. The van der Waals surface area contributed by atoms with E-state index in [4.69, 9.17) is 0 Å². The summed E-state index contributed by atoms with van der Waals surface area (Å²) in [4.78, 5) is 23.4. The molecule has 0 spiro atoms. The SMILES string of the molecule is CCN(CC)c1c(C)nc2ccc(C(=O)N(C)CCN(C)C)cn12. The number of pyridine rings is 1. The Balaban J connectivity index is 2.36. The van der Waals surface area contributed by atoms with Crippen molar-refractivity contribution >= 4 is 17.4 Å². The molecule has 2 heterocycles. The van der Waals surface area contributed by atoms with Gasteiger partial charge in [0.05, 0.1) is 11.3 Å². The van der Waals surface area contributed by atoms with Crippen molar-refractivity contribution in [3.63, 3.8) is 0 Å². The number of nitrogens with zero attached hydrogens (tertiary/aromatic N) is 5. The topological polar surface area (TPSA) is 44.1 Å². The number of anilines is 1. The zero-order chi connectivity index (χ0) is 17.9. The van der Waals surface area contributed by atoms with Crippen molar-refractivity contribution in [2.24, 2.45) is 0 Å². The highest BCUT2D eigenvalue weighted by molar-refractivity contribution is 5.94. The maximum Gasteiger partial charge on any atom is 0.255 e. The summed E-state index contributed by atoms with van der Waals surface area (Å²) in [7, 11) is 5.87. The molecule has 24 heavy (non-hydrogen) atoms. The van der Waals surface area contributed by atoms with Gasteiger partial charge in [0.25, 0.3) is 5.91 Å². The molecule has 0 atom stereocenters. The Morgan fingerprint density at radius 2 is 1.79 bits per heavy atom. The summed E-state index contributed by atoms with van der Waals surface area (Å²) in [6, 6.07) is 3.79. The van der Waals surface area contributed by atoms with E-state index in [1.165, 1.54) is 0 Å². The number of hydrogen-bond donors (Lipinski definition) is 0. The highest BCUT2D eigenvalue weighted by Crippen LogP contribution is 2.22. The molecule has 2 rings (SSSR count). The van der Waals surface area contributed by atoms with Crippen LogP contribution in [-0.2, 0) is 0 Å². The van der Waals surface area contributed by atoms with Gasteiger partial charge in [0.15, 0.2) is 0 Å². The first kappa shape index (κ1) is 18.3. The summed E-state index contributed by atoms with van der Waals surface area (Å²) in [5.41, 5.74) is 2.56. The Morgan fingerprint density at radius 1 is 1.12 bits per heavy atom. The monoisotopic (exact) mass is 331 g/mol. The van der Waals surface area contributed by atoms with Crippen LogP contribution < -0.4 is 4.90 Å². The predicted octanol–water partition coefficient (Wildman–Crippen LogP) is 2.12. The fraction of sp³-hybridized carbons (Fsp3) is 0.556. The zero-order valence-electron chi connectivity index (χ0n) is 15.7. The van der Waals surface area contributed by atoms with Crippen LogP contribution in [0.1, 0.15) is 29.9 Å². The molecule has 0 fully saturated rings. The van der Waals surface area contributed by atoms with Gasteiger partial charge in [0.2, 0.25) is 0 Å². The third-order valence-corrected chi connectivity index (χ3v) is 4.30. The van der Waals surface area contributed by atoms with Gasteiger partial charge in [-0.15, -0.1) is 0 Å². The van der Waals surface area contributed by atoms with Crippen LogP contribution in [0.15, 0.2) is 18.3 Å². The van der Waals surface area contributed by atoms with Crippen LogP contribution in [0.2, 0.25) is 0 Å². The van der Waals surface area contributed by atoms with Crippen molar-refractivity contribution in [3.05, 3.63) is 29.6 Å². The molecule has 2 aromatic rings. The summed E-state index contributed by atoms with van der Waals surface area (Å²) in [6.07, 6.45) is 1.91. The summed E-state index contributed by atoms with van der Waals surface area (Å²) in [5.74, 6) is 1.11. The van der Waals surface area contributed by atoms with Crippen molar-refractivity contribution < 1.29 is 4.79 Å². The van der Waals surface area contributed by atoms with E-state index in [9.17, 15) is 4.79 Å². The summed E-state index contributed by atoms with van der Waals surface area (Å²) in [5, 5.41) is 0. The fourth-order valence-electron chi connectivity index (χ4n) is 2.85. The number of likely N-dealkylation sites (N-methyl/N-ethyl adjacent to an activating group) is 2. The van der Waals surface area contributed by atoms with E-state index in [2.05, 4.69) is 28.6 Å². The molecule has 2 aromatic heterocycles. The molecule has 0 aromatic carbocycles. The van der Waals surface area contributed by atoms with E-state index in [1.807, 2.05) is 50.8 Å². The van der Waals surface area contributed by atoms with Crippen molar-refractivity contribution in [3.8, 4) is 0 Å². The summed E-state index contributed by atoms with van der Waals surface area (Å²) < 4.78 is 2.04. The molecule has 6 heteroatoms. The third kappa shape index (κ3) is 3.70. The van der Waals surface area contributed by atoms with E-state index in [0.29, 0.717) is 12.1 Å². The molecule has 0 radical (unpaired) electrons. The average molecular weight is 331 g/mol. The normalized spacial score (nSPS) is 11.3. The highest BCUT2D eigenvalue weighted by Gasteiger charge is 2.17. The molecule has 0 unspecified atom stereocenters. The maximum absolute atomic E-state index is 12.7. The Kier molecular flexibility index (Phi) is 5.83. The number of rotatable bonds is 7. The lowest BCUT2D eigenvalue weighted by molar-refractivity contribution is 0.0786. The molecule has 1 amide bonds. The molecular formula is C18H29N5O. The molecule has 0 aliphatic heterocycles. The van der Waals surface area contributed by atoms with Gasteiger partial charge in [-0.05, 0) is 47.0 Å². The molecule has 0 aliphatic rings. The van der Waals surface area contributed by atoms with Crippen LogP contribution >= 0.6 is 0 Å². The van der Waals surface area contributed by atoms with Crippen molar-refractivity contribution in [1.29, 1.82) is 0 Å². The maximum atomic E-state index is 12.7. The Hall–Kier alpha value is -2.08. The van der Waals surface area contributed by atoms with Crippen LogP contribution in [0.3, 0.4) is 0 Å². The van der Waals surface area contributed by atoms with Crippen LogP contribution in [0.25, 0.3) is 5.65 Å². The third-order valence-electron chi connectivity index (χ3n) is 4.30. The number of aromatic nitrogens is 2. The van der Waals surface area contributed by atoms with Gasteiger partial charge < -0.3 is 14.7 Å². The molecule has 6 nitrogen and oxygen atoms in total. The minimum Gasteiger partial charge on any atom is -0.357 e. The lowest BCUT2D eigenvalue weighted by atomic mass is 10.2. The Labute approximate surface area is 144 Å². The lowest BCUT2D eigenvalue weighted by Gasteiger charge is -2.22. The number of amides is 1. The van der Waals surface area contributed by atoms with E-state index in [0.717, 1.165) is 36.8 Å². The van der Waals surface area contributed by atoms with Gasteiger partial charge in [-0.1, -0.05) is 0 Å². The van der Waals surface area contributed by atoms with Crippen LogP contribution in [0.4, 0.5) is 5.82 Å². The van der Waals surface area contributed by atoms with E-state index in [1.54, 1.807) is 4.90 Å². The number of carbonyl (C=O) groups excluding carboxylic acids is 1. The van der Waals surface area contributed by atoms with Crippen LogP contribution in [0.5, 0.6) is 0 Å². The number of fused-ring (bicyclic) bond motifs is 1. The van der Waals surface area contributed by atoms with Crippen molar-refractivity contribution in [2.75, 3.05) is 52.2 Å². The Bertz CT molecular complexity index is 703. The lowest BCUT2D eigenvalue weighted by Crippen LogP contribution is -2.33. The predicted molar refractivity (Wildman–Crippen MR) is 99.0 cm³/mol. The fourth-order valence-corrected chi connectivity index (χ4v) is 2.85. The van der Waals surface area contributed by atoms with E-state index >= 15 is 0 Å². The van der Waals surface area contributed by atoms with Crippen LogP contribution in [-0.4, -0.2) is 72.4 Å². The highest BCUT2D eigenvalue weighted by atomic mass is 16.2. The van der Waals surface area contributed by atoms with Gasteiger partial charge in [-0.25, -0.2) is 4.98 Å². The standard InChI is InChI=1S/C18H29N5O/c1-7-22(8-2)17-14(3)19-16-10-9-15(13-23(16)17)18(24)21(6)12-11-20(4)5/h9-10,13H,7-8,11-12H2,1-6H3. The molecule has 0 saturated carbocycles. The van der Waals surface area contributed by atoms with Gasteiger partial charge in [-0.2, -0.15) is 0 Å². The summed E-state index contributed by atoms with van der Waals surface area (Å²) >= 11 is 0. The minimum atomic E-state index is 0.0376. The average Bonchev–Trinajstić information content (AvgIpc) is 2.88. The second-order valence-corrected chi connectivity index (χ2v) is 6.37. The van der Waals surface area contributed by atoms with Crippen molar-refractivity contribution in [1.82, 2.24) is 19.2 Å². The number of imidazole rings is 1. The quantitative estimate of drug-likeness (QED) is 0.779. The van der Waals surface area contributed by atoms with Gasteiger partial charge in [-0.3, -0.25) is 9.20 Å². The molecule has 0 saturated heterocycles. The smallest absolute Gasteiger partial charge is 0.255 e. The van der Waals surface area contributed by atoms with Crippen molar-refractivity contribution in [2.45, 2.75) is 20.8 Å². The Morgan fingerprint density at radius 3 is 2.38 bits per heavy atom. The minimum absolute atomic E-state index is 0.0376. The molecule has 132 valence electrons. The van der Waals surface area contributed by atoms with E-state index in [-0.39, 0.29) is 5.91 Å². The zero-order valence-corrected chi connectivity index (χ0v) is 15.7. The molecular weight excluding hydrogens is 302 g/mol. The second-order valence-electron chi connectivity index (χ2n) is 6.37. The first-order chi connectivity index (χ1) is 11.4. The van der Waals surface area contributed by atoms with Gasteiger partial charge >= 0.3 is 0 Å². The molecule has 0 bridgehead atoms.